The summed E-state index contributed by atoms with van der Waals surface area (Å²) < 4.78 is 79.0. The number of halogens is 6. The Bertz CT molecular complexity index is 1240. The van der Waals surface area contributed by atoms with Crippen LogP contribution in [0.3, 0.4) is 0 Å². The zero-order chi connectivity index (χ0) is 25.4. The number of aromatic hydroxyl groups is 1. The molecule has 0 amide bonds. The molecule has 3 aromatic rings. The molecular formula is C25H20F6N2OS. The Kier molecular flexibility index (Phi) is 6.68. The summed E-state index contributed by atoms with van der Waals surface area (Å²) in [5, 5.41) is 15.5. The molecule has 0 radical (unpaired) electrons. The summed E-state index contributed by atoms with van der Waals surface area (Å²) in [6.45, 7) is 0. The van der Waals surface area contributed by atoms with Crippen molar-refractivity contribution in [3.8, 4) is 5.75 Å². The number of hydrogen-bond donors (Lipinski definition) is 3. The van der Waals surface area contributed by atoms with Gasteiger partial charge >= 0.3 is 12.4 Å². The third-order valence-electron chi connectivity index (χ3n) is 5.78. The maximum absolute atomic E-state index is 13.2. The van der Waals surface area contributed by atoms with Crippen LogP contribution in [-0.4, -0.2) is 10.2 Å². The van der Waals surface area contributed by atoms with Gasteiger partial charge in [-0.25, -0.2) is 0 Å². The van der Waals surface area contributed by atoms with Gasteiger partial charge in [-0.15, -0.1) is 0 Å². The highest BCUT2D eigenvalue weighted by Crippen LogP contribution is 2.37. The lowest BCUT2D eigenvalue weighted by Gasteiger charge is -2.19. The second-order valence-electron chi connectivity index (χ2n) is 8.33. The summed E-state index contributed by atoms with van der Waals surface area (Å²) in [6.07, 6.45) is -7.51. The zero-order valence-corrected chi connectivity index (χ0v) is 19.0. The first-order chi connectivity index (χ1) is 16.4. The van der Waals surface area contributed by atoms with Crippen LogP contribution in [0.4, 0.5) is 37.7 Å². The molecule has 4 aliphatic carbocycles. The highest BCUT2D eigenvalue weighted by atomic mass is 32.1. The molecule has 184 valence electrons. The molecule has 4 aliphatic rings. The van der Waals surface area contributed by atoms with Crippen molar-refractivity contribution in [1.29, 1.82) is 0 Å². The zero-order valence-electron chi connectivity index (χ0n) is 18.1. The Labute approximate surface area is 202 Å². The minimum atomic E-state index is -4.96. The van der Waals surface area contributed by atoms with Crippen LogP contribution in [0.5, 0.6) is 5.75 Å². The number of phenols is 1. The van der Waals surface area contributed by atoms with E-state index in [2.05, 4.69) is 10.6 Å². The van der Waals surface area contributed by atoms with E-state index in [4.69, 9.17) is 12.2 Å². The molecular weight excluding hydrogens is 490 g/mol. The van der Waals surface area contributed by atoms with Crippen LogP contribution < -0.4 is 10.6 Å². The Morgan fingerprint density at radius 1 is 0.686 bits per heavy atom. The number of thiocarbonyl (C=S) groups is 1. The van der Waals surface area contributed by atoms with Crippen molar-refractivity contribution in [2.45, 2.75) is 38.0 Å². The molecule has 0 heterocycles. The Morgan fingerprint density at radius 2 is 1.23 bits per heavy atom. The van der Waals surface area contributed by atoms with Crippen molar-refractivity contribution in [2.24, 2.45) is 0 Å². The lowest BCUT2D eigenvalue weighted by molar-refractivity contribution is -0.143. The topological polar surface area (TPSA) is 44.3 Å². The fraction of sp³-hybridized carbons (Fsp3) is 0.240. The molecule has 7 rings (SSSR count). The molecule has 0 aliphatic heterocycles. The first kappa shape index (κ1) is 24.8. The lowest BCUT2D eigenvalue weighted by Crippen LogP contribution is -2.21. The summed E-state index contributed by atoms with van der Waals surface area (Å²) in [5.41, 5.74) is 0.851. The van der Waals surface area contributed by atoms with E-state index in [1.807, 2.05) is 30.3 Å². The molecule has 10 heteroatoms. The van der Waals surface area contributed by atoms with Crippen molar-refractivity contribution >= 4 is 28.7 Å². The maximum Gasteiger partial charge on any atom is 0.416 e. The van der Waals surface area contributed by atoms with Gasteiger partial charge in [-0.05, 0) is 90.5 Å². The summed E-state index contributed by atoms with van der Waals surface area (Å²) in [5.74, 6) is 0.217. The highest BCUT2D eigenvalue weighted by Gasteiger charge is 2.37. The summed E-state index contributed by atoms with van der Waals surface area (Å²) in [7, 11) is 0. The van der Waals surface area contributed by atoms with Crippen molar-refractivity contribution < 1.29 is 31.4 Å². The number of phenolic OH excluding ortho intramolecular Hbond substituents is 1. The van der Waals surface area contributed by atoms with Crippen LogP contribution in [0, 0.1) is 0 Å². The number of aryl methyl sites for hydroxylation is 4. The standard InChI is InChI=1S/C25H20F6N2OS/c26-24(27,28)18-11-19(25(29,30)31)13-20(12-18)32-23(35)33-21-9-14-1-2-15-4-6-17(22(34)10-15)8-7-16(21)5-3-14/h3-6,9-13,34H,1-2,7-8H2,(H2,32,33,35). The van der Waals surface area contributed by atoms with Crippen LogP contribution >= 0.6 is 12.2 Å². The number of hydrogen-bond acceptors (Lipinski definition) is 2. The number of alkyl halides is 6. The van der Waals surface area contributed by atoms with Gasteiger partial charge in [0.2, 0.25) is 0 Å². The monoisotopic (exact) mass is 510 g/mol. The van der Waals surface area contributed by atoms with E-state index in [1.165, 1.54) is 0 Å². The number of rotatable bonds is 2. The molecule has 0 fully saturated rings. The third kappa shape index (κ3) is 6.05. The van der Waals surface area contributed by atoms with Gasteiger partial charge in [0.1, 0.15) is 5.75 Å². The minimum Gasteiger partial charge on any atom is -0.508 e. The van der Waals surface area contributed by atoms with E-state index < -0.39 is 29.2 Å². The van der Waals surface area contributed by atoms with Crippen molar-refractivity contribution in [3.63, 3.8) is 0 Å². The van der Waals surface area contributed by atoms with Gasteiger partial charge in [-0.3, -0.25) is 0 Å². The summed E-state index contributed by atoms with van der Waals surface area (Å²) in [6, 6.07) is 12.6. The van der Waals surface area contributed by atoms with Gasteiger partial charge in [0.05, 0.1) is 11.1 Å². The molecule has 0 aromatic heterocycles. The Balaban J connectivity index is 1.59. The van der Waals surface area contributed by atoms with Crippen LogP contribution in [0.15, 0.2) is 54.6 Å². The molecule has 3 nitrogen and oxygen atoms in total. The first-order valence-electron chi connectivity index (χ1n) is 10.7. The van der Waals surface area contributed by atoms with Crippen LogP contribution in [0.1, 0.15) is 33.4 Å². The number of benzene rings is 3. The molecule has 0 spiro atoms. The Morgan fingerprint density at radius 3 is 1.80 bits per heavy atom. The van der Waals surface area contributed by atoms with Crippen molar-refractivity contribution in [2.75, 3.05) is 10.6 Å². The summed E-state index contributed by atoms with van der Waals surface area (Å²) >= 11 is 5.22. The minimum absolute atomic E-state index is 0.0645. The summed E-state index contributed by atoms with van der Waals surface area (Å²) in [4.78, 5) is 0. The average molecular weight is 511 g/mol. The predicted octanol–water partition coefficient (Wildman–Crippen LogP) is 7.12. The van der Waals surface area contributed by atoms with E-state index in [0.29, 0.717) is 43.5 Å². The second-order valence-corrected chi connectivity index (χ2v) is 8.74. The fourth-order valence-corrected chi connectivity index (χ4v) is 4.19. The molecule has 0 saturated heterocycles. The smallest absolute Gasteiger partial charge is 0.416 e. The number of anilines is 2. The molecule has 3 N–H and O–H groups in total. The van der Waals surface area contributed by atoms with Gasteiger partial charge in [0.15, 0.2) is 5.11 Å². The van der Waals surface area contributed by atoms with Gasteiger partial charge in [0, 0.05) is 11.4 Å². The van der Waals surface area contributed by atoms with E-state index in [9.17, 15) is 31.4 Å². The third-order valence-corrected chi connectivity index (χ3v) is 5.99. The molecule has 0 saturated carbocycles. The van der Waals surface area contributed by atoms with Crippen LogP contribution in [0.25, 0.3) is 0 Å². The normalized spacial score (nSPS) is 13.8. The first-order valence-corrected chi connectivity index (χ1v) is 11.1. The van der Waals surface area contributed by atoms with E-state index in [-0.39, 0.29) is 16.9 Å². The highest BCUT2D eigenvalue weighted by molar-refractivity contribution is 7.80. The molecule has 0 atom stereocenters. The molecule has 35 heavy (non-hydrogen) atoms. The van der Waals surface area contributed by atoms with E-state index in [1.54, 1.807) is 6.07 Å². The average Bonchev–Trinajstić information content (AvgIpc) is 2.75. The predicted molar refractivity (Wildman–Crippen MR) is 126 cm³/mol. The van der Waals surface area contributed by atoms with E-state index >= 15 is 0 Å². The van der Waals surface area contributed by atoms with Crippen molar-refractivity contribution in [1.82, 2.24) is 0 Å². The SMILES string of the molecule is Oc1cc2ccc1CCc1ccc(cc1NC(=S)Nc1cc(C(F)(F)F)cc(C(F)(F)F)c1)CC2. The second kappa shape index (κ2) is 9.41. The van der Waals surface area contributed by atoms with Crippen LogP contribution in [0.2, 0.25) is 0 Å². The van der Waals surface area contributed by atoms with Gasteiger partial charge < -0.3 is 15.7 Å². The molecule has 3 aromatic carbocycles. The van der Waals surface area contributed by atoms with Crippen LogP contribution in [-0.2, 0) is 38.0 Å². The Hall–Kier alpha value is -3.27. The fourth-order valence-electron chi connectivity index (χ4n) is 3.96. The number of nitrogens with one attached hydrogen (secondary N) is 2. The van der Waals surface area contributed by atoms with E-state index in [0.717, 1.165) is 22.3 Å². The van der Waals surface area contributed by atoms with Gasteiger partial charge in [-0.1, -0.05) is 24.3 Å². The molecule has 0 unspecified atom stereocenters. The maximum atomic E-state index is 13.2. The largest absolute Gasteiger partial charge is 0.508 e. The van der Waals surface area contributed by atoms with Crippen molar-refractivity contribution in [3.05, 3.63) is 88.0 Å². The van der Waals surface area contributed by atoms with Gasteiger partial charge in [-0.2, -0.15) is 26.3 Å². The molecule has 4 bridgehead atoms. The van der Waals surface area contributed by atoms with Gasteiger partial charge in [0.25, 0.3) is 0 Å². The quantitative estimate of drug-likeness (QED) is 0.254. The lowest BCUT2D eigenvalue weighted by atomic mass is 9.95.